The van der Waals surface area contributed by atoms with Gasteiger partial charge in [0.25, 0.3) is 0 Å². The molecule has 5 nitrogen and oxygen atoms in total. The van der Waals surface area contributed by atoms with Crippen LogP contribution in [-0.2, 0) is 6.42 Å². The third-order valence-electron chi connectivity index (χ3n) is 2.08. The summed E-state index contributed by atoms with van der Waals surface area (Å²) >= 11 is 0. The van der Waals surface area contributed by atoms with Crippen LogP contribution < -0.4 is 0 Å². The number of aromatic carboxylic acids is 1. The highest BCUT2D eigenvalue weighted by molar-refractivity contribution is 5.89. The van der Waals surface area contributed by atoms with Gasteiger partial charge in [-0.2, -0.15) is 15.4 Å². The maximum Gasteiger partial charge on any atom is 0.335 e. The first-order valence-corrected chi connectivity index (χ1v) is 4.43. The number of carboxylic acid groups (broad SMARTS) is 1. The molecule has 0 saturated heterocycles. The molecule has 76 valence electrons. The van der Waals surface area contributed by atoms with Crippen LogP contribution in [0.25, 0.3) is 0 Å². The van der Waals surface area contributed by atoms with Gasteiger partial charge in [0.2, 0.25) is 0 Å². The van der Waals surface area contributed by atoms with Crippen molar-refractivity contribution in [3.05, 3.63) is 47.3 Å². The van der Waals surface area contributed by atoms with E-state index in [2.05, 4.69) is 15.4 Å². The van der Waals surface area contributed by atoms with Gasteiger partial charge in [0.15, 0.2) is 0 Å². The van der Waals surface area contributed by atoms with Gasteiger partial charge in [0.1, 0.15) is 0 Å². The molecule has 1 heterocycles. The monoisotopic (exact) mass is 203 g/mol. The van der Waals surface area contributed by atoms with Crippen molar-refractivity contribution in [1.29, 1.82) is 0 Å². The lowest BCUT2D eigenvalue weighted by atomic mass is 10.0. The van der Waals surface area contributed by atoms with Crippen LogP contribution >= 0.6 is 0 Å². The van der Waals surface area contributed by atoms with Crippen LogP contribution in [0, 0.1) is 0 Å². The number of nitrogens with zero attached hydrogens (tertiary/aromatic N) is 2. The number of nitrogens with one attached hydrogen (secondary N) is 1. The molecule has 0 aliphatic heterocycles. The summed E-state index contributed by atoms with van der Waals surface area (Å²) in [4.78, 5) is 10.9. The summed E-state index contributed by atoms with van der Waals surface area (Å²) in [5.41, 5.74) is 1.77. The Morgan fingerprint density at radius 1 is 1.40 bits per heavy atom. The first-order valence-electron chi connectivity index (χ1n) is 4.43. The summed E-state index contributed by atoms with van der Waals surface area (Å²) in [5.74, 6) is -0.922. The molecule has 2 aromatic rings. The molecule has 5 heteroatoms. The molecule has 0 amide bonds. The predicted molar refractivity (Wildman–Crippen MR) is 52.6 cm³/mol. The minimum atomic E-state index is -0.922. The number of carboxylic acids is 1. The lowest BCUT2D eigenvalue weighted by Crippen LogP contribution is -2.02. The van der Waals surface area contributed by atoms with Crippen LogP contribution in [0.15, 0.2) is 30.5 Å². The van der Waals surface area contributed by atoms with Gasteiger partial charge in [-0.25, -0.2) is 4.79 Å². The third kappa shape index (κ3) is 2.01. The van der Waals surface area contributed by atoms with Gasteiger partial charge in [0.05, 0.1) is 17.5 Å². The molecule has 0 spiro atoms. The van der Waals surface area contributed by atoms with Crippen molar-refractivity contribution >= 4 is 5.97 Å². The fourth-order valence-corrected chi connectivity index (χ4v) is 1.39. The molecule has 2 N–H and O–H groups in total. The van der Waals surface area contributed by atoms with Crippen LogP contribution in [0.3, 0.4) is 0 Å². The zero-order chi connectivity index (χ0) is 10.7. The third-order valence-corrected chi connectivity index (χ3v) is 2.08. The minimum Gasteiger partial charge on any atom is -0.478 e. The molecule has 0 bridgehead atoms. The van der Waals surface area contributed by atoms with Crippen LogP contribution in [0.4, 0.5) is 0 Å². The SMILES string of the molecule is O=C(O)c1ccccc1Cc1cn[nH]n1. The molecule has 0 radical (unpaired) electrons. The van der Waals surface area contributed by atoms with Crippen molar-refractivity contribution in [3.8, 4) is 0 Å². The molecule has 0 aliphatic rings. The molecule has 1 aromatic heterocycles. The molecule has 2 rings (SSSR count). The van der Waals surface area contributed by atoms with Crippen molar-refractivity contribution in [1.82, 2.24) is 15.4 Å². The van der Waals surface area contributed by atoms with Crippen LogP contribution in [-0.4, -0.2) is 26.5 Å². The number of aromatic nitrogens is 3. The van der Waals surface area contributed by atoms with Crippen molar-refractivity contribution in [2.24, 2.45) is 0 Å². The Hall–Kier alpha value is -2.17. The summed E-state index contributed by atoms with van der Waals surface area (Å²) in [6.07, 6.45) is 2.05. The number of benzene rings is 1. The molecule has 0 unspecified atom stereocenters. The van der Waals surface area contributed by atoms with E-state index in [4.69, 9.17) is 5.11 Å². The summed E-state index contributed by atoms with van der Waals surface area (Å²) in [5, 5.41) is 19.0. The number of rotatable bonds is 3. The normalized spacial score (nSPS) is 10.1. The summed E-state index contributed by atoms with van der Waals surface area (Å²) in [7, 11) is 0. The van der Waals surface area contributed by atoms with E-state index in [-0.39, 0.29) is 0 Å². The quantitative estimate of drug-likeness (QED) is 0.782. The number of carbonyl (C=O) groups is 1. The Morgan fingerprint density at radius 3 is 2.87 bits per heavy atom. The fourth-order valence-electron chi connectivity index (χ4n) is 1.39. The molecule has 15 heavy (non-hydrogen) atoms. The zero-order valence-electron chi connectivity index (χ0n) is 7.84. The molecular weight excluding hydrogens is 194 g/mol. The Labute approximate surface area is 85.8 Å². The first-order chi connectivity index (χ1) is 7.27. The molecule has 0 fully saturated rings. The van der Waals surface area contributed by atoms with Gasteiger partial charge >= 0.3 is 5.97 Å². The van der Waals surface area contributed by atoms with Crippen molar-refractivity contribution < 1.29 is 9.90 Å². The van der Waals surface area contributed by atoms with Gasteiger partial charge in [-0.3, -0.25) is 0 Å². The van der Waals surface area contributed by atoms with Gasteiger partial charge in [-0.15, -0.1) is 0 Å². The lowest BCUT2D eigenvalue weighted by Gasteiger charge is -2.02. The molecule has 1 aromatic carbocycles. The van der Waals surface area contributed by atoms with E-state index in [1.165, 1.54) is 0 Å². The summed E-state index contributed by atoms with van der Waals surface area (Å²) in [6.45, 7) is 0. The molecule has 0 aliphatic carbocycles. The summed E-state index contributed by atoms with van der Waals surface area (Å²) < 4.78 is 0. The number of hydrogen-bond donors (Lipinski definition) is 2. The van der Waals surface area contributed by atoms with E-state index in [0.29, 0.717) is 12.0 Å². The smallest absolute Gasteiger partial charge is 0.335 e. The van der Waals surface area contributed by atoms with Gasteiger partial charge in [0, 0.05) is 6.42 Å². The Morgan fingerprint density at radius 2 is 2.20 bits per heavy atom. The average molecular weight is 203 g/mol. The highest BCUT2D eigenvalue weighted by atomic mass is 16.4. The van der Waals surface area contributed by atoms with E-state index in [9.17, 15) is 4.79 Å². The van der Waals surface area contributed by atoms with E-state index in [1.807, 2.05) is 6.07 Å². The summed E-state index contributed by atoms with van der Waals surface area (Å²) in [6, 6.07) is 6.87. The zero-order valence-corrected chi connectivity index (χ0v) is 7.84. The number of hydrogen-bond acceptors (Lipinski definition) is 3. The number of aromatic amines is 1. The highest BCUT2D eigenvalue weighted by Crippen LogP contribution is 2.12. The van der Waals surface area contributed by atoms with Crippen LogP contribution in [0.5, 0.6) is 0 Å². The van der Waals surface area contributed by atoms with Crippen molar-refractivity contribution in [2.75, 3.05) is 0 Å². The van der Waals surface area contributed by atoms with Crippen molar-refractivity contribution in [2.45, 2.75) is 6.42 Å². The lowest BCUT2D eigenvalue weighted by molar-refractivity contribution is 0.0696. The topological polar surface area (TPSA) is 78.9 Å². The Balaban J connectivity index is 2.32. The van der Waals surface area contributed by atoms with Crippen LogP contribution in [0.1, 0.15) is 21.6 Å². The second kappa shape index (κ2) is 3.91. The van der Waals surface area contributed by atoms with E-state index in [1.54, 1.807) is 24.4 Å². The molecular formula is C10H9N3O2. The number of H-pyrrole nitrogens is 1. The standard InChI is InChI=1S/C10H9N3O2/c14-10(15)9-4-2-1-3-7(9)5-8-6-11-13-12-8/h1-4,6H,5H2,(H,14,15)(H,11,12,13). The van der Waals surface area contributed by atoms with Gasteiger partial charge in [-0.1, -0.05) is 18.2 Å². The minimum absolute atomic E-state index is 0.306. The second-order valence-electron chi connectivity index (χ2n) is 3.10. The van der Waals surface area contributed by atoms with E-state index in [0.717, 1.165) is 11.3 Å². The maximum atomic E-state index is 10.9. The molecule has 0 atom stereocenters. The first kappa shape index (κ1) is 9.39. The Kier molecular flexibility index (Phi) is 2.45. The van der Waals surface area contributed by atoms with Crippen LogP contribution in [0.2, 0.25) is 0 Å². The second-order valence-corrected chi connectivity index (χ2v) is 3.10. The van der Waals surface area contributed by atoms with Crippen molar-refractivity contribution in [3.63, 3.8) is 0 Å². The average Bonchev–Trinajstić information content (AvgIpc) is 2.71. The van der Waals surface area contributed by atoms with E-state index < -0.39 is 5.97 Å². The predicted octanol–water partition coefficient (Wildman–Crippen LogP) is 1.09. The fraction of sp³-hybridized carbons (Fsp3) is 0.100. The van der Waals surface area contributed by atoms with E-state index >= 15 is 0 Å². The van der Waals surface area contributed by atoms with Gasteiger partial charge in [-0.05, 0) is 11.6 Å². The highest BCUT2D eigenvalue weighted by Gasteiger charge is 2.09. The Bertz CT molecular complexity index is 465. The maximum absolute atomic E-state index is 10.9. The largest absolute Gasteiger partial charge is 0.478 e. The van der Waals surface area contributed by atoms with Gasteiger partial charge < -0.3 is 5.11 Å². The molecule has 0 saturated carbocycles.